The minimum Gasteiger partial charge on any atom is -0.307 e. The van der Waals surface area contributed by atoms with Gasteiger partial charge in [-0.3, -0.25) is 14.6 Å². The van der Waals surface area contributed by atoms with Crippen LogP contribution in [0.3, 0.4) is 0 Å². The van der Waals surface area contributed by atoms with E-state index in [2.05, 4.69) is 27.3 Å². The Morgan fingerprint density at radius 3 is 2.88 bits per heavy atom. The molecule has 0 amide bonds. The lowest BCUT2D eigenvalue weighted by Gasteiger charge is -2.16. The molecule has 1 atom stereocenters. The Kier molecular flexibility index (Phi) is 3.82. The van der Waals surface area contributed by atoms with E-state index in [1.807, 2.05) is 24.0 Å². The number of aromatic nitrogens is 4. The third kappa shape index (κ3) is 2.50. The molecule has 0 bridgehead atoms. The molecule has 0 aliphatic carbocycles. The summed E-state index contributed by atoms with van der Waals surface area (Å²) >= 11 is 0. The predicted octanol–water partition coefficient (Wildman–Crippen LogP) is 1.39. The Morgan fingerprint density at radius 1 is 1.35 bits per heavy atom. The van der Waals surface area contributed by atoms with Crippen LogP contribution in [0.25, 0.3) is 0 Å². The van der Waals surface area contributed by atoms with Crippen LogP contribution in [0.1, 0.15) is 30.8 Å². The van der Waals surface area contributed by atoms with Gasteiger partial charge < -0.3 is 5.32 Å². The first-order valence-corrected chi connectivity index (χ1v) is 5.81. The van der Waals surface area contributed by atoms with Crippen molar-refractivity contribution in [3.05, 3.63) is 42.2 Å². The van der Waals surface area contributed by atoms with Crippen LogP contribution in [0.15, 0.2) is 30.9 Å². The number of nitrogens with zero attached hydrogens (tertiary/aromatic N) is 4. The van der Waals surface area contributed by atoms with E-state index in [0.29, 0.717) is 0 Å². The first-order valence-electron chi connectivity index (χ1n) is 5.81. The van der Waals surface area contributed by atoms with Crippen LogP contribution in [0, 0.1) is 0 Å². The van der Waals surface area contributed by atoms with Gasteiger partial charge in [-0.05, 0) is 19.5 Å². The largest absolute Gasteiger partial charge is 0.307 e. The molecule has 90 valence electrons. The normalized spacial score (nSPS) is 12.6. The van der Waals surface area contributed by atoms with Gasteiger partial charge in [0.15, 0.2) is 0 Å². The molecular weight excluding hydrogens is 214 g/mol. The molecule has 5 nitrogen and oxygen atoms in total. The average Bonchev–Trinajstić information content (AvgIpc) is 2.81. The van der Waals surface area contributed by atoms with Gasteiger partial charge in [-0.25, -0.2) is 0 Å². The van der Waals surface area contributed by atoms with Crippen molar-refractivity contribution >= 4 is 0 Å². The van der Waals surface area contributed by atoms with E-state index in [1.165, 1.54) is 0 Å². The van der Waals surface area contributed by atoms with Crippen molar-refractivity contribution in [2.75, 3.05) is 7.05 Å². The molecule has 0 fully saturated rings. The summed E-state index contributed by atoms with van der Waals surface area (Å²) in [5, 5.41) is 7.58. The van der Waals surface area contributed by atoms with Crippen molar-refractivity contribution in [2.24, 2.45) is 0 Å². The van der Waals surface area contributed by atoms with E-state index in [0.717, 1.165) is 24.4 Å². The van der Waals surface area contributed by atoms with Crippen molar-refractivity contribution in [3.63, 3.8) is 0 Å². The van der Waals surface area contributed by atoms with Gasteiger partial charge in [-0.1, -0.05) is 6.92 Å². The predicted molar refractivity (Wildman–Crippen MR) is 65.5 cm³/mol. The second-order valence-electron chi connectivity index (χ2n) is 3.83. The van der Waals surface area contributed by atoms with Gasteiger partial charge in [0.1, 0.15) is 0 Å². The topological polar surface area (TPSA) is 55.6 Å². The fraction of sp³-hybridized carbons (Fsp3) is 0.417. The first-order chi connectivity index (χ1) is 8.36. The fourth-order valence-corrected chi connectivity index (χ4v) is 1.89. The van der Waals surface area contributed by atoms with Gasteiger partial charge in [-0.15, -0.1) is 0 Å². The third-order valence-corrected chi connectivity index (χ3v) is 2.65. The highest BCUT2D eigenvalue weighted by Crippen LogP contribution is 2.18. The van der Waals surface area contributed by atoms with Crippen molar-refractivity contribution in [1.29, 1.82) is 0 Å². The van der Waals surface area contributed by atoms with Gasteiger partial charge >= 0.3 is 0 Å². The number of rotatable bonds is 5. The second-order valence-corrected chi connectivity index (χ2v) is 3.83. The minimum atomic E-state index is 0.0396. The molecule has 0 aliphatic heterocycles. The number of hydrogen-bond donors (Lipinski definition) is 1. The molecule has 0 saturated carbocycles. The molecule has 0 saturated heterocycles. The van der Waals surface area contributed by atoms with Crippen molar-refractivity contribution < 1.29 is 0 Å². The van der Waals surface area contributed by atoms with E-state index in [-0.39, 0.29) is 6.04 Å². The zero-order chi connectivity index (χ0) is 12.1. The van der Waals surface area contributed by atoms with E-state index in [1.54, 1.807) is 18.6 Å². The highest BCUT2D eigenvalue weighted by molar-refractivity contribution is 5.19. The zero-order valence-electron chi connectivity index (χ0n) is 10.2. The number of aryl methyl sites for hydroxylation is 1. The van der Waals surface area contributed by atoms with Crippen LogP contribution in [-0.4, -0.2) is 26.8 Å². The van der Waals surface area contributed by atoms with Crippen LogP contribution in [0.4, 0.5) is 0 Å². The standard InChI is InChI=1S/C12H17N5/c1-3-8-17-11(4-5-16-17)12(13-2)10-9-14-6-7-15-10/h4-7,9,12-13H,3,8H2,1-2H3. The van der Waals surface area contributed by atoms with E-state index in [4.69, 9.17) is 0 Å². The summed E-state index contributed by atoms with van der Waals surface area (Å²) in [6.07, 6.45) is 8.06. The summed E-state index contributed by atoms with van der Waals surface area (Å²) in [6.45, 7) is 3.06. The molecular formula is C12H17N5. The Balaban J connectivity index is 2.32. The van der Waals surface area contributed by atoms with Crippen molar-refractivity contribution in [2.45, 2.75) is 25.9 Å². The molecule has 0 spiro atoms. The number of hydrogen-bond acceptors (Lipinski definition) is 4. The van der Waals surface area contributed by atoms with Crippen LogP contribution >= 0.6 is 0 Å². The highest BCUT2D eigenvalue weighted by Gasteiger charge is 2.17. The van der Waals surface area contributed by atoms with Gasteiger partial charge in [0, 0.05) is 25.1 Å². The fourth-order valence-electron chi connectivity index (χ4n) is 1.89. The first kappa shape index (κ1) is 11.7. The average molecular weight is 231 g/mol. The Hall–Kier alpha value is -1.75. The maximum Gasteiger partial charge on any atom is 0.0935 e. The molecule has 0 aromatic carbocycles. The Bertz CT molecular complexity index is 451. The Morgan fingerprint density at radius 2 is 2.24 bits per heavy atom. The number of nitrogens with one attached hydrogen (secondary N) is 1. The summed E-state index contributed by atoms with van der Waals surface area (Å²) < 4.78 is 2.01. The minimum absolute atomic E-state index is 0.0396. The van der Waals surface area contributed by atoms with Crippen LogP contribution in [0.5, 0.6) is 0 Å². The lowest BCUT2D eigenvalue weighted by molar-refractivity contribution is 0.528. The summed E-state index contributed by atoms with van der Waals surface area (Å²) in [4.78, 5) is 8.45. The quantitative estimate of drug-likeness (QED) is 0.845. The van der Waals surface area contributed by atoms with E-state index >= 15 is 0 Å². The summed E-state index contributed by atoms with van der Waals surface area (Å²) in [6, 6.07) is 2.06. The Labute approximate surface area is 101 Å². The van der Waals surface area contributed by atoms with Crippen LogP contribution in [0.2, 0.25) is 0 Å². The molecule has 0 radical (unpaired) electrons. The zero-order valence-corrected chi connectivity index (χ0v) is 10.2. The van der Waals surface area contributed by atoms with Crippen LogP contribution < -0.4 is 5.32 Å². The summed E-state index contributed by atoms with van der Waals surface area (Å²) in [7, 11) is 1.92. The van der Waals surface area contributed by atoms with Gasteiger partial charge in [-0.2, -0.15) is 5.10 Å². The maximum absolute atomic E-state index is 4.34. The second kappa shape index (κ2) is 5.54. The van der Waals surface area contributed by atoms with Gasteiger partial charge in [0.2, 0.25) is 0 Å². The smallest absolute Gasteiger partial charge is 0.0935 e. The van der Waals surface area contributed by atoms with Crippen molar-refractivity contribution in [1.82, 2.24) is 25.1 Å². The van der Waals surface area contributed by atoms with E-state index < -0.39 is 0 Å². The molecule has 17 heavy (non-hydrogen) atoms. The van der Waals surface area contributed by atoms with Gasteiger partial charge in [0.05, 0.1) is 23.6 Å². The maximum atomic E-state index is 4.34. The van der Waals surface area contributed by atoms with Crippen molar-refractivity contribution in [3.8, 4) is 0 Å². The lowest BCUT2D eigenvalue weighted by Crippen LogP contribution is -2.22. The molecule has 1 N–H and O–H groups in total. The monoisotopic (exact) mass is 231 g/mol. The highest BCUT2D eigenvalue weighted by atomic mass is 15.3. The molecule has 2 rings (SSSR count). The van der Waals surface area contributed by atoms with Gasteiger partial charge in [0.25, 0.3) is 0 Å². The molecule has 2 aromatic rings. The van der Waals surface area contributed by atoms with E-state index in [9.17, 15) is 0 Å². The summed E-state index contributed by atoms with van der Waals surface area (Å²) in [5.74, 6) is 0. The SMILES string of the molecule is CCCn1nccc1C(NC)c1cnccn1. The molecule has 2 aromatic heterocycles. The molecule has 1 unspecified atom stereocenters. The molecule has 0 aliphatic rings. The van der Waals surface area contributed by atoms with Crippen LogP contribution in [-0.2, 0) is 6.54 Å². The lowest BCUT2D eigenvalue weighted by atomic mass is 10.1. The molecule has 2 heterocycles. The summed E-state index contributed by atoms with van der Waals surface area (Å²) in [5.41, 5.74) is 2.03. The molecule has 5 heteroatoms. The third-order valence-electron chi connectivity index (χ3n) is 2.65.